The van der Waals surface area contributed by atoms with Crippen LogP contribution in [0.3, 0.4) is 0 Å². The first-order chi connectivity index (χ1) is 8.86. The summed E-state index contributed by atoms with van der Waals surface area (Å²) in [5.74, 6) is 3.65. The van der Waals surface area contributed by atoms with E-state index in [2.05, 4.69) is 20.7 Å². The number of ether oxygens (including phenoxy) is 1. The molecule has 0 amide bonds. The van der Waals surface area contributed by atoms with Crippen molar-refractivity contribution in [3.63, 3.8) is 0 Å². The molecule has 0 radical (unpaired) electrons. The van der Waals surface area contributed by atoms with E-state index in [9.17, 15) is 0 Å². The monoisotopic (exact) mass is 241 g/mol. The predicted octanol–water partition coefficient (Wildman–Crippen LogP) is 0.334. The number of aromatic nitrogens is 1. The van der Waals surface area contributed by atoms with Crippen LogP contribution in [0.15, 0.2) is 18.3 Å². The van der Waals surface area contributed by atoms with Crippen LogP contribution in [-0.2, 0) is 4.74 Å². The van der Waals surface area contributed by atoms with Crippen LogP contribution in [0.4, 0.5) is 5.82 Å². The summed E-state index contributed by atoms with van der Waals surface area (Å²) >= 11 is 0. The molecule has 4 rings (SSSR count). The van der Waals surface area contributed by atoms with E-state index in [1.807, 2.05) is 12.1 Å². The number of likely N-dealkylation sites (tertiary alicyclic amines) is 1. The van der Waals surface area contributed by atoms with E-state index in [0.29, 0.717) is 18.1 Å². The quantitative estimate of drug-likeness (QED) is 0.698. The molecule has 0 aromatic carbocycles. The van der Waals surface area contributed by atoms with E-state index in [4.69, 9.17) is 11.2 Å². The topological polar surface area (TPSA) is 28.6 Å². The summed E-state index contributed by atoms with van der Waals surface area (Å²) in [4.78, 5) is 9.38. The third-order valence-corrected chi connectivity index (χ3v) is 4.35. The fraction of sp³-hybridized carbons (Fsp3) is 0.500. The minimum absolute atomic E-state index is 0.648. The fourth-order valence-electron chi connectivity index (χ4n) is 3.03. The van der Waals surface area contributed by atoms with Crippen molar-refractivity contribution in [2.75, 3.05) is 31.2 Å². The van der Waals surface area contributed by atoms with Crippen LogP contribution in [0.25, 0.3) is 0 Å². The van der Waals surface area contributed by atoms with Crippen LogP contribution in [0.2, 0.25) is 0 Å². The van der Waals surface area contributed by atoms with Crippen LogP contribution in [0.1, 0.15) is 5.56 Å². The lowest BCUT2D eigenvalue weighted by Crippen LogP contribution is -2.82. The lowest BCUT2D eigenvalue weighted by molar-refractivity contribution is -0.132. The summed E-state index contributed by atoms with van der Waals surface area (Å²) in [6.07, 6.45) is 7.11. The van der Waals surface area contributed by atoms with Gasteiger partial charge in [0.05, 0.1) is 25.3 Å². The molecule has 0 N–H and O–H groups in total. The largest absolute Gasteiger partial charge is 0.378 e. The van der Waals surface area contributed by atoms with Crippen LogP contribution >= 0.6 is 0 Å². The Morgan fingerprint density at radius 2 is 2.17 bits per heavy atom. The number of pyridine rings is 1. The maximum absolute atomic E-state index is 5.33. The molecule has 0 saturated carbocycles. The highest BCUT2D eigenvalue weighted by molar-refractivity contribution is 5.49. The first-order valence-electron chi connectivity index (χ1n) is 6.39. The molecule has 0 spiro atoms. The lowest BCUT2D eigenvalue weighted by Gasteiger charge is -2.65. The summed E-state index contributed by atoms with van der Waals surface area (Å²) in [5, 5.41) is 0. The van der Waals surface area contributed by atoms with Gasteiger partial charge in [-0.25, -0.2) is 4.98 Å². The van der Waals surface area contributed by atoms with Gasteiger partial charge in [0.1, 0.15) is 5.82 Å². The van der Waals surface area contributed by atoms with Gasteiger partial charge >= 0.3 is 0 Å². The van der Waals surface area contributed by atoms with Gasteiger partial charge in [0.15, 0.2) is 0 Å². The molecule has 92 valence electrons. The number of nitrogens with zero attached hydrogens (tertiary/aromatic N) is 3. The molecule has 4 heterocycles. The van der Waals surface area contributed by atoms with E-state index < -0.39 is 0 Å². The van der Waals surface area contributed by atoms with Crippen molar-refractivity contribution in [1.29, 1.82) is 0 Å². The second-order valence-corrected chi connectivity index (χ2v) is 5.22. The molecule has 4 nitrogen and oxygen atoms in total. The van der Waals surface area contributed by atoms with Crippen molar-refractivity contribution < 1.29 is 4.74 Å². The highest BCUT2D eigenvalue weighted by atomic mass is 16.5. The van der Waals surface area contributed by atoms with Crippen LogP contribution < -0.4 is 4.90 Å². The third-order valence-electron chi connectivity index (χ3n) is 4.35. The van der Waals surface area contributed by atoms with Crippen LogP contribution in [-0.4, -0.2) is 54.3 Å². The average Bonchev–Trinajstić information content (AvgIpc) is 2.33. The molecule has 0 bridgehead atoms. The Hall–Kier alpha value is -1.57. The number of rotatable bonds is 2. The second kappa shape index (κ2) is 3.71. The number of fused-ring (bicyclic) bond motifs is 1. The summed E-state index contributed by atoms with van der Waals surface area (Å²) in [5.41, 5.74) is 0.845. The summed E-state index contributed by atoms with van der Waals surface area (Å²) in [6.45, 7) is 4.07. The molecule has 1 unspecified atom stereocenters. The van der Waals surface area contributed by atoms with Crippen molar-refractivity contribution in [3.8, 4) is 12.3 Å². The molecule has 3 fully saturated rings. The molecule has 4 heteroatoms. The molecule has 3 aliphatic rings. The number of anilines is 1. The Kier molecular flexibility index (Phi) is 2.14. The molecule has 1 aromatic rings. The maximum atomic E-state index is 5.33. The van der Waals surface area contributed by atoms with Crippen molar-refractivity contribution in [1.82, 2.24) is 9.88 Å². The molecule has 2 atom stereocenters. The maximum Gasteiger partial charge on any atom is 0.128 e. The highest BCUT2D eigenvalue weighted by Crippen LogP contribution is 2.38. The van der Waals surface area contributed by atoms with Gasteiger partial charge in [-0.3, -0.25) is 4.90 Å². The van der Waals surface area contributed by atoms with E-state index >= 15 is 0 Å². The van der Waals surface area contributed by atoms with Crippen molar-refractivity contribution in [3.05, 3.63) is 23.9 Å². The Morgan fingerprint density at radius 3 is 2.67 bits per heavy atom. The lowest BCUT2D eigenvalue weighted by atomic mass is 9.83. The van der Waals surface area contributed by atoms with E-state index in [0.717, 1.165) is 37.7 Å². The van der Waals surface area contributed by atoms with Gasteiger partial charge in [-0.2, -0.15) is 0 Å². The second-order valence-electron chi connectivity index (χ2n) is 5.22. The van der Waals surface area contributed by atoms with Gasteiger partial charge in [-0.15, -0.1) is 6.42 Å². The molecule has 1 aromatic heterocycles. The zero-order valence-electron chi connectivity index (χ0n) is 10.1. The summed E-state index contributed by atoms with van der Waals surface area (Å²) in [7, 11) is 0. The van der Waals surface area contributed by atoms with Crippen molar-refractivity contribution >= 4 is 5.82 Å². The standard InChI is InChI=1S/C14H15N3O/c1-2-10-3-4-14(15-5-10)17-7-12-13(17)6-16(12)11-8-18-9-11/h1,3-5,11-13H,6-9H2/t12-,13?/m1/s1. The van der Waals surface area contributed by atoms with Gasteiger partial charge in [0, 0.05) is 30.9 Å². The third kappa shape index (κ3) is 1.32. The normalized spacial score (nSPS) is 30.7. The highest BCUT2D eigenvalue weighted by Gasteiger charge is 2.54. The fourth-order valence-corrected chi connectivity index (χ4v) is 3.03. The summed E-state index contributed by atoms with van der Waals surface area (Å²) in [6, 6.07) is 6.03. The minimum atomic E-state index is 0.648. The average molecular weight is 241 g/mol. The number of terminal acetylenes is 1. The first kappa shape index (κ1) is 10.4. The smallest absolute Gasteiger partial charge is 0.128 e. The van der Waals surface area contributed by atoms with Crippen LogP contribution in [0, 0.1) is 12.3 Å². The Morgan fingerprint density at radius 1 is 1.28 bits per heavy atom. The van der Waals surface area contributed by atoms with E-state index in [1.54, 1.807) is 6.20 Å². The summed E-state index contributed by atoms with van der Waals surface area (Å²) < 4.78 is 5.25. The van der Waals surface area contributed by atoms with Gasteiger partial charge in [0.25, 0.3) is 0 Å². The molecule has 3 saturated heterocycles. The molecule has 0 aliphatic carbocycles. The molecule has 3 aliphatic heterocycles. The van der Waals surface area contributed by atoms with E-state index in [1.165, 1.54) is 0 Å². The van der Waals surface area contributed by atoms with Gasteiger partial charge < -0.3 is 9.64 Å². The zero-order chi connectivity index (χ0) is 12.1. The van der Waals surface area contributed by atoms with Gasteiger partial charge in [-0.1, -0.05) is 5.92 Å². The minimum Gasteiger partial charge on any atom is -0.378 e. The van der Waals surface area contributed by atoms with Gasteiger partial charge in [-0.05, 0) is 12.1 Å². The number of hydrogen-bond acceptors (Lipinski definition) is 4. The van der Waals surface area contributed by atoms with E-state index in [-0.39, 0.29) is 0 Å². The Balaban J connectivity index is 1.42. The number of hydrogen-bond donors (Lipinski definition) is 0. The molecular formula is C14H15N3O. The SMILES string of the molecule is C#Cc1ccc(N2C[C@@H]3C2CN3C2COC2)nc1. The zero-order valence-corrected chi connectivity index (χ0v) is 10.1. The van der Waals surface area contributed by atoms with Gasteiger partial charge in [0.2, 0.25) is 0 Å². The first-order valence-corrected chi connectivity index (χ1v) is 6.39. The Bertz CT molecular complexity index is 503. The molecular weight excluding hydrogens is 226 g/mol. The van der Waals surface area contributed by atoms with Crippen molar-refractivity contribution in [2.45, 2.75) is 18.1 Å². The number of piperazine rings is 1. The predicted molar refractivity (Wildman–Crippen MR) is 68.4 cm³/mol. The van der Waals surface area contributed by atoms with Crippen molar-refractivity contribution in [2.24, 2.45) is 0 Å². The molecule has 18 heavy (non-hydrogen) atoms. The Labute approximate surface area is 107 Å². The van der Waals surface area contributed by atoms with Crippen LogP contribution in [0.5, 0.6) is 0 Å².